The second-order valence-corrected chi connectivity index (χ2v) is 4.59. The lowest BCUT2D eigenvalue weighted by atomic mass is 10.1. The molecule has 0 aliphatic rings. The van der Waals surface area contributed by atoms with Crippen molar-refractivity contribution >= 4 is 49.3 Å². The van der Waals surface area contributed by atoms with Crippen LogP contribution in [0.25, 0.3) is 5.57 Å². The molecular weight excluding hydrogens is 342 g/mol. The molecule has 0 aliphatic heterocycles. The second kappa shape index (κ2) is 5.94. The zero-order valence-electron chi connectivity index (χ0n) is 8.24. The van der Waals surface area contributed by atoms with E-state index in [-0.39, 0.29) is 5.57 Å². The first-order valence-electron chi connectivity index (χ1n) is 4.19. The molecule has 0 amide bonds. The van der Waals surface area contributed by atoms with Crippen molar-refractivity contribution in [1.29, 1.82) is 0 Å². The number of ether oxygens (including phenoxy) is 1. The van der Waals surface area contributed by atoms with Gasteiger partial charge in [0, 0.05) is 10.7 Å². The van der Waals surface area contributed by atoms with Crippen LogP contribution in [0.4, 0.5) is 0 Å². The molecular formula is C10H7Br2NO3. The Hall–Kier alpha value is -0.970. The van der Waals surface area contributed by atoms with Crippen LogP contribution in [0.15, 0.2) is 22.8 Å². The lowest BCUT2D eigenvalue weighted by Gasteiger charge is -2.08. The summed E-state index contributed by atoms with van der Waals surface area (Å²) in [5, 5.41) is 0. The predicted molar refractivity (Wildman–Crippen MR) is 65.8 cm³/mol. The van der Waals surface area contributed by atoms with Gasteiger partial charge in [-0.05, 0) is 28.1 Å². The van der Waals surface area contributed by atoms with Crippen LogP contribution in [-0.4, -0.2) is 28.8 Å². The fourth-order valence-corrected chi connectivity index (χ4v) is 1.74. The summed E-state index contributed by atoms with van der Waals surface area (Å²) < 4.78 is 5.30. The van der Waals surface area contributed by atoms with Crippen molar-refractivity contribution in [2.45, 2.75) is 4.83 Å². The van der Waals surface area contributed by atoms with E-state index < -0.39 is 10.8 Å². The van der Waals surface area contributed by atoms with Crippen LogP contribution in [0.1, 0.15) is 5.69 Å². The summed E-state index contributed by atoms with van der Waals surface area (Å²) in [4.78, 5) is 25.2. The lowest BCUT2D eigenvalue weighted by Crippen LogP contribution is -2.18. The minimum absolute atomic E-state index is 0.111. The highest BCUT2D eigenvalue weighted by atomic mass is 79.9. The van der Waals surface area contributed by atoms with E-state index in [0.717, 1.165) is 4.47 Å². The standard InChI is InChI=1S/C10H7Br2NO3/c1-16-10(15)9(12)7(5-14)8-3-2-6(11)4-13-8/h2-4,9H,1H3. The molecule has 1 rings (SSSR count). The van der Waals surface area contributed by atoms with Gasteiger partial charge in [0.1, 0.15) is 10.8 Å². The van der Waals surface area contributed by atoms with Crippen LogP contribution in [0, 0.1) is 0 Å². The molecule has 84 valence electrons. The molecule has 0 fully saturated rings. The molecule has 6 heteroatoms. The molecule has 0 spiro atoms. The Morgan fingerprint density at radius 1 is 1.56 bits per heavy atom. The maximum Gasteiger partial charge on any atom is 0.324 e. The minimum Gasteiger partial charge on any atom is -0.468 e. The van der Waals surface area contributed by atoms with Crippen molar-refractivity contribution in [1.82, 2.24) is 4.98 Å². The summed E-state index contributed by atoms with van der Waals surface area (Å²) in [5.41, 5.74) is 0.491. The minimum atomic E-state index is -0.858. The van der Waals surface area contributed by atoms with Gasteiger partial charge >= 0.3 is 5.97 Å². The quantitative estimate of drug-likeness (QED) is 0.476. The number of aromatic nitrogens is 1. The van der Waals surface area contributed by atoms with Crippen LogP contribution < -0.4 is 0 Å². The van der Waals surface area contributed by atoms with E-state index in [0.29, 0.717) is 5.69 Å². The van der Waals surface area contributed by atoms with Gasteiger partial charge in [0.25, 0.3) is 0 Å². The Balaban J connectivity index is 3.05. The lowest BCUT2D eigenvalue weighted by molar-refractivity contribution is -0.138. The fraction of sp³-hybridized carbons (Fsp3) is 0.200. The van der Waals surface area contributed by atoms with Gasteiger partial charge in [-0.25, -0.2) is 4.79 Å². The van der Waals surface area contributed by atoms with Gasteiger partial charge in [0.15, 0.2) is 0 Å². The first-order chi connectivity index (χ1) is 7.60. The molecule has 0 bridgehead atoms. The largest absolute Gasteiger partial charge is 0.468 e. The van der Waals surface area contributed by atoms with Crippen molar-refractivity contribution in [3.05, 3.63) is 28.5 Å². The van der Waals surface area contributed by atoms with E-state index in [1.165, 1.54) is 13.3 Å². The zero-order valence-corrected chi connectivity index (χ0v) is 11.4. The van der Waals surface area contributed by atoms with E-state index in [9.17, 15) is 9.59 Å². The number of alkyl halides is 1. The molecule has 1 aromatic rings. The van der Waals surface area contributed by atoms with Crippen LogP contribution >= 0.6 is 31.9 Å². The molecule has 0 aliphatic carbocycles. The topological polar surface area (TPSA) is 56.3 Å². The van der Waals surface area contributed by atoms with Crippen molar-refractivity contribution in [3.8, 4) is 0 Å². The molecule has 1 aromatic heterocycles. The Kier molecular flexibility index (Phi) is 4.86. The SMILES string of the molecule is COC(=O)C(Br)C(=C=O)c1ccc(Br)cn1. The number of methoxy groups -OCH3 is 1. The number of esters is 1. The average Bonchev–Trinajstić information content (AvgIpc) is 2.31. The number of rotatable bonds is 3. The first-order valence-corrected chi connectivity index (χ1v) is 5.90. The van der Waals surface area contributed by atoms with Crippen molar-refractivity contribution in [3.63, 3.8) is 0 Å². The molecule has 0 radical (unpaired) electrons. The van der Waals surface area contributed by atoms with Crippen molar-refractivity contribution in [2.24, 2.45) is 0 Å². The normalized spacial score (nSPS) is 11.4. The van der Waals surface area contributed by atoms with Gasteiger partial charge < -0.3 is 4.74 Å². The number of hydrogen-bond donors (Lipinski definition) is 0. The van der Waals surface area contributed by atoms with Crippen LogP contribution in [0.2, 0.25) is 0 Å². The molecule has 1 atom stereocenters. The van der Waals surface area contributed by atoms with Gasteiger partial charge in [-0.2, -0.15) is 0 Å². The van der Waals surface area contributed by atoms with E-state index in [1.807, 2.05) is 0 Å². The maximum atomic E-state index is 11.2. The number of halogens is 2. The Morgan fingerprint density at radius 3 is 2.69 bits per heavy atom. The summed E-state index contributed by atoms with van der Waals surface area (Å²) in [7, 11) is 1.24. The van der Waals surface area contributed by atoms with Gasteiger partial charge in [0.05, 0.1) is 18.4 Å². The maximum absolute atomic E-state index is 11.2. The molecule has 0 aromatic carbocycles. The summed E-state index contributed by atoms with van der Waals surface area (Å²) >= 11 is 6.28. The number of pyridine rings is 1. The Labute approximate surface area is 109 Å². The van der Waals surface area contributed by atoms with E-state index >= 15 is 0 Å². The zero-order chi connectivity index (χ0) is 12.1. The summed E-state index contributed by atoms with van der Waals surface area (Å²) in [6, 6.07) is 3.33. The number of carbonyl (C=O) groups is 1. The molecule has 1 unspecified atom stereocenters. The number of carbonyl (C=O) groups excluding carboxylic acids is 2. The second-order valence-electron chi connectivity index (χ2n) is 2.76. The molecule has 1 heterocycles. The summed E-state index contributed by atoms with van der Waals surface area (Å²) in [6.45, 7) is 0. The van der Waals surface area contributed by atoms with Gasteiger partial charge in [0.2, 0.25) is 0 Å². The van der Waals surface area contributed by atoms with Gasteiger partial charge in [-0.3, -0.25) is 9.78 Å². The fourth-order valence-electron chi connectivity index (χ4n) is 0.990. The third kappa shape index (κ3) is 3.01. The molecule has 0 saturated carbocycles. The monoisotopic (exact) mass is 347 g/mol. The van der Waals surface area contributed by atoms with E-state index in [2.05, 4.69) is 41.6 Å². The van der Waals surface area contributed by atoms with Crippen LogP contribution in [0.5, 0.6) is 0 Å². The smallest absolute Gasteiger partial charge is 0.324 e. The Morgan fingerprint density at radius 2 is 2.25 bits per heavy atom. The number of hydrogen-bond acceptors (Lipinski definition) is 4. The summed E-state index contributed by atoms with van der Waals surface area (Å²) in [6.07, 6.45) is 1.53. The molecule has 16 heavy (non-hydrogen) atoms. The van der Waals surface area contributed by atoms with Crippen LogP contribution in [-0.2, 0) is 14.3 Å². The third-order valence-corrected chi connectivity index (χ3v) is 3.08. The highest BCUT2D eigenvalue weighted by Gasteiger charge is 2.23. The summed E-state index contributed by atoms with van der Waals surface area (Å²) in [5.74, 6) is 1.13. The molecule has 0 N–H and O–H groups in total. The predicted octanol–water partition coefficient (Wildman–Crippen LogP) is 2.00. The van der Waals surface area contributed by atoms with Crippen molar-refractivity contribution < 1.29 is 14.3 Å². The third-order valence-electron chi connectivity index (χ3n) is 1.77. The highest BCUT2D eigenvalue weighted by Crippen LogP contribution is 2.21. The van der Waals surface area contributed by atoms with Gasteiger partial charge in [-0.15, -0.1) is 0 Å². The van der Waals surface area contributed by atoms with Gasteiger partial charge in [-0.1, -0.05) is 15.9 Å². The van der Waals surface area contributed by atoms with E-state index in [1.54, 1.807) is 18.1 Å². The van der Waals surface area contributed by atoms with Crippen LogP contribution in [0.3, 0.4) is 0 Å². The first kappa shape index (κ1) is 13.1. The van der Waals surface area contributed by atoms with Crippen molar-refractivity contribution in [2.75, 3.05) is 7.11 Å². The number of nitrogens with zero attached hydrogens (tertiary/aromatic N) is 1. The Bertz CT molecular complexity index is 438. The average molecular weight is 349 g/mol. The van der Waals surface area contributed by atoms with E-state index in [4.69, 9.17) is 0 Å². The highest BCUT2D eigenvalue weighted by molar-refractivity contribution is 9.10. The molecule has 4 nitrogen and oxygen atoms in total. The molecule has 0 saturated heterocycles.